The molecular formula is C19H29N3O. The third-order valence-corrected chi connectivity index (χ3v) is 5.13. The van der Waals surface area contributed by atoms with Gasteiger partial charge in [0.05, 0.1) is 0 Å². The largest absolute Gasteiger partial charge is 0.353 e. The molecule has 4 heteroatoms. The molecule has 0 aliphatic carbocycles. The molecule has 0 aromatic heterocycles. The monoisotopic (exact) mass is 315 g/mol. The fraction of sp³-hybridized carbons (Fsp3) is 0.632. The molecule has 2 aliphatic heterocycles. The number of amides is 1. The van der Waals surface area contributed by atoms with Crippen molar-refractivity contribution in [3.8, 4) is 0 Å². The van der Waals surface area contributed by atoms with Crippen molar-refractivity contribution in [1.29, 1.82) is 0 Å². The second-order valence-corrected chi connectivity index (χ2v) is 7.00. The summed E-state index contributed by atoms with van der Waals surface area (Å²) in [6, 6.07) is 11.0. The van der Waals surface area contributed by atoms with Crippen LogP contribution in [0.3, 0.4) is 0 Å². The SMILES string of the molecule is O=C(CC1CCNCC1)NC1CCN(Cc2ccccc2)CC1. The fourth-order valence-corrected chi connectivity index (χ4v) is 3.71. The molecule has 0 saturated carbocycles. The van der Waals surface area contributed by atoms with Gasteiger partial charge in [0.15, 0.2) is 0 Å². The number of hydrogen-bond acceptors (Lipinski definition) is 3. The van der Waals surface area contributed by atoms with Crippen LogP contribution < -0.4 is 10.6 Å². The molecule has 126 valence electrons. The van der Waals surface area contributed by atoms with Gasteiger partial charge in [0.1, 0.15) is 0 Å². The molecule has 2 heterocycles. The van der Waals surface area contributed by atoms with Gasteiger partial charge in [-0.3, -0.25) is 9.69 Å². The van der Waals surface area contributed by atoms with Crippen LogP contribution in [0.2, 0.25) is 0 Å². The molecule has 1 amide bonds. The molecule has 1 aromatic rings. The van der Waals surface area contributed by atoms with E-state index in [0.29, 0.717) is 18.4 Å². The van der Waals surface area contributed by atoms with Crippen molar-refractivity contribution in [2.45, 2.75) is 44.7 Å². The van der Waals surface area contributed by atoms with Gasteiger partial charge in [0.2, 0.25) is 5.91 Å². The number of likely N-dealkylation sites (tertiary alicyclic amines) is 1. The minimum Gasteiger partial charge on any atom is -0.353 e. The standard InChI is InChI=1S/C19H29N3O/c23-19(14-16-6-10-20-11-7-16)21-18-8-12-22(13-9-18)15-17-4-2-1-3-5-17/h1-5,16,18,20H,6-15H2,(H,21,23). The summed E-state index contributed by atoms with van der Waals surface area (Å²) in [5.41, 5.74) is 1.38. The zero-order chi connectivity index (χ0) is 15.9. The summed E-state index contributed by atoms with van der Waals surface area (Å²) in [5, 5.41) is 6.62. The smallest absolute Gasteiger partial charge is 0.220 e. The highest BCUT2D eigenvalue weighted by Gasteiger charge is 2.22. The number of benzene rings is 1. The van der Waals surface area contributed by atoms with Crippen molar-refractivity contribution >= 4 is 5.91 Å². The molecule has 2 saturated heterocycles. The van der Waals surface area contributed by atoms with E-state index in [0.717, 1.165) is 58.4 Å². The Bertz CT molecular complexity index is 477. The topological polar surface area (TPSA) is 44.4 Å². The van der Waals surface area contributed by atoms with Gasteiger partial charge in [0, 0.05) is 32.1 Å². The minimum absolute atomic E-state index is 0.262. The fourth-order valence-electron chi connectivity index (χ4n) is 3.71. The van der Waals surface area contributed by atoms with E-state index < -0.39 is 0 Å². The Morgan fingerprint density at radius 2 is 1.78 bits per heavy atom. The Morgan fingerprint density at radius 1 is 1.09 bits per heavy atom. The third kappa shape index (κ3) is 5.33. The Kier molecular flexibility index (Phi) is 6.06. The quantitative estimate of drug-likeness (QED) is 0.875. The highest BCUT2D eigenvalue weighted by molar-refractivity contribution is 5.76. The molecule has 0 atom stereocenters. The van der Waals surface area contributed by atoms with E-state index in [2.05, 4.69) is 45.9 Å². The maximum absolute atomic E-state index is 12.2. The third-order valence-electron chi connectivity index (χ3n) is 5.13. The lowest BCUT2D eigenvalue weighted by atomic mass is 9.94. The molecule has 2 N–H and O–H groups in total. The molecule has 0 radical (unpaired) electrons. The van der Waals surface area contributed by atoms with Crippen LogP contribution >= 0.6 is 0 Å². The Hall–Kier alpha value is -1.39. The lowest BCUT2D eigenvalue weighted by Crippen LogP contribution is -2.45. The van der Waals surface area contributed by atoms with E-state index in [1.807, 2.05) is 0 Å². The highest BCUT2D eigenvalue weighted by Crippen LogP contribution is 2.17. The Labute approximate surface area is 139 Å². The lowest BCUT2D eigenvalue weighted by molar-refractivity contribution is -0.123. The number of piperidine rings is 2. The van der Waals surface area contributed by atoms with Crippen molar-refractivity contribution in [2.24, 2.45) is 5.92 Å². The molecule has 4 nitrogen and oxygen atoms in total. The summed E-state index contributed by atoms with van der Waals surface area (Å²) in [6.45, 7) is 5.31. The summed E-state index contributed by atoms with van der Waals surface area (Å²) in [5.74, 6) is 0.841. The van der Waals surface area contributed by atoms with Gasteiger partial charge in [0.25, 0.3) is 0 Å². The van der Waals surface area contributed by atoms with Crippen LogP contribution in [-0.2, 0) is 11.3 Å². The van der Waals surface area contributed by atoms with Crippen LogP contribution in [0.15, 0.2) is 30.3 Å². The average Bonchev–Trinajstić information content (AvgIpc) is 2.58. The predicted molar refractivity (Wildman–Crippen MR) is 93.1 cm³/mol. The first-order valence-electron chi connectivity index (χ1n) is 9.06. The molecular weight excluding hydrogens is 286 g/mol. The molecule has 0 spiro atoms. The highest BCUT2D eigenvalue weighted by atomic mass is 16.1. The van der Waals surface area contributed by atoms with Crippen molar-refractivity contribution in [2.75, 3.05) is 26.2 Å². The molecule has 0 unspecified atom stereocenters. The van der Waals surface area contributed by atoms with Gasteiger partial charge >= 0.3 is 0 Å². The zero-order valence-electron chi connectivity index (χ0n) is 14.0. The van der Waals surface area contributed by atoms with Crippen LogP contribution in [0.4, 0.5) is 0 Å². The van der Waals surface area contributed by atoms with Gasteiger partial charge in [-0.15, -0.1) is 0 Å². The van der Waals surface area contributed by atoms with Crippen LogP contribution in [-0.4, -0.2) is 43.0 Å². The van der Waals surface area contributed by atoms with E-state index in [4.69, 9.17) is 0 Å². The first-order chi connectivity index (χ1) is 11.3. The van der Waals surface area contributed by atoms with Crippen LogP contribution in [0, 0.1) is 5.92 Å². The van der Waals surface area contributed by atoms with E-state index >= 15 is 0 Å². The summed E-state index contributed by atoms with van der Waals surface area (Å²) in [7, 11) is 0. The maximum atomic E-state index is 12.2. The number of nitrogens with zero attached hydrogens (tertiary/aromatic N) is 1. The second kappa shape index (κ2) is 8.46. The van der Waals surface area contributed by atoms with Crippen molar-refractivity contribution in [1.82, 2.24) is 15.5 Å². The average molecular weight is 315 g/mol. The van der Waals surface area contributed by atoms with Gasteiger partial charge < -0.3 is 10.6 Å². The summed E-state index contributed by atoms with van der Waals surface area (Å²) >= 11 is 0. The van der Waals surface area contributed by atoms with Crippen LogP contribution in [0.5, 0.6) is 0 Å². The summed E-state index contributed by atoms with van der Waals surface area (Å²) in [6.07, 6.45) is 5.15. The molecule has 3 rings (SSSR count). The van der Waals surface area contributed by atoms with Crippen molar-refractivity contribution in [3.05, 3.63) is 35.9 Å². The number of hydrogen-bond donors (Lipinski definition) is 2. The van der Waals surface area contributed by atoms with E-state index in [-0.39, 0.29) is 5.91 Å². The predicted octanol–water partition coefficient (Wildman–Crippen LogP) is 2.16. The van der Waals surface area contributed by atoms with Gasteiger partial charge in [-0.05, 0) is 50.3 Å². The number of carbonyl (C=O) groups excluding carboxylic acids is 1. The lowest BCUT2D eigenvalue weighted by Gasteiger charge is -2.32. The normalized spacial score (nSPS) is 21.2. The van der Waals surface area contributed by atoms with E-state index in [1.165, 1.54) is 5.56 Å². The van der Waals surface area contributed by atoms with Crippen LogP contribution in [0.1, 0.15) is 37.7 Å². The first-order valence-corrected chi connectivity index (χ1v) is 9.06. The zero-order valence-corrected chi connectivity index (χ0v) is 14.0. The van der Waals surface area contributed by atoms with Gasteiger partial charge in [-0.1, -0.05) is 30.3 Å². The Morgan fingerprint density at radius 3 is 2.48 bits per heavy atom. The first kappa shape index (κ1) is 16.5. The van der Waals surface area contributed by atoms with Gasteiger partial charge in [-0.2, -0.15) is 0 Å². The maximum Gasteiger partial charge on any atom is 0.220 e. The molecule has 23 heavy (non-hydrogen) atoms. The second-order valence-electron chi connectivity index (χ2n) is 7.00. The van der Waals surface area contributed by atoms with Gasteiger partial charge in [-0.25, -0.2) is 0 Å². The molecule has 1 aromatic carbocycles. The number of carbonyl (C=O) groups is 1. The van der Waals surface area contributed by atoms with E-state index in [1.54, 1.807) is 0 Å². The van der Waals surface area contributed by atoms with E-state index in [9.17, 15) is 4.79 Å². The minimum atomic E-state index is 0.262. The molecule has 2 fully saturated rings. The number of nitrogens with one attached hydrogen (secondary N) is 2. The van der Waals surface area contributed by atoms with Crippen molar-refractivity contribution in [3.63, 3.8) is 0 Å². The molecule has 0 bridgehead atoms. The van der Waals surface area contributed by atoms with Crippen molar-refractivity contribution < 1.29 is 4.79 Å². The van der Waals surface area contributed by atoms with Crippen LogP contribution in [0.25, 0.3) is 0 Å². The summed E-state index contributed by atoms with van der Waals surface area (Å²) in [4.78, 5) is 14.7. The molecule has 2 aliphatic rings. The number of rotatable bonds is 5. The summed E-state index contributed by atoms with van der Waals surface area (Å²) < 4.78 is 0. The Balaban J connectivity index is 1.36.